The molecule has 296 valence electrons. The fraction of sp³-hybridized carbons (Fsp3) is 0. The zero-order chi connectivity index (χ0) is 41.9. The van der Waals surface area contributed by atoms with Crippen molar-refractivity contribution in [2.24, 2.45) is 0 Å². The van der Waals surface area contributed by atoms with Crippen molar-refractivity contribution in [1.82, 2.24) is 14.5 Å². The topological polar surface area (TPSA) is 43.9 Å². The third-order valence-electron chi connectivity index (χ3n) is 13.3. The van der Waals surface area contributed by atoms with Crippen molar-refractivity contribution in [2.45, 2.75) is 0 Å². The average Bonchev–Trinajstić information content (AvgIpc) is 3.91. The molecule has 0 fully saturated rings. The maximum absolute atomic E-state index is 7.03. The quantitative estimate of drug-likeness (QED) is 0.166. The number of fused-ring (bicyclic) bond motifs is 13. The minimum Gasteiger partial charge on any atom is -0.455 e. The number of rotatable bonds is 4. The molecule has 0 spiro atoms. The maximum Gasteiger partial charge on any atom is 0.161 e. The van der Waals surface area contributed by atoms with Crippen LogP contribution in [-0.2, 0) is 0 Å². The Labute approximate surface area is 366 Å². The summed E-state index contributed by atoms with van der Waals surface area (Å²) in [6.45, 7) is 0. The van der Waals surface area contributed by atoms with Crippen LogP contribution in [0.3, 0.4) is 0 Å². The van der Waals surface area contributed by atoms with E-state index in [0.29, 0.717) is 5.82 Å². The van der Waals surface area contributed by atoms with E-state index in [1.807, 2.05) is 6.07 Å². The Morgan fingerprint density at radius 2 is 0.969 bits per heavy atom. The number of para-hydroxylation sites is 1. The van der Waals surface area contributed by atoms with Gasteiger partial charge in [0, 0.05) is 32.8 Å². The lowest BCUT2D eigenvalue weighted by Gasteiger charge is -2.14. The Balaban J connectivity index is 1.06. The molecule has 0 amide bonds. The lowest BCUT2D eigenvalue weighted by Crippen LogP contribution is -1.99. The predicted molar refractivity (Wildman–Crippen MR) is 267 cm³/mol. The Morgan fingerprint density at radius 1 is 0.344 bits per heavy atom. The van der Waals surface area contributed by atoms with Gasteiger partial charge < -0.3 is 8.98 Å². The molecule has 0 N–H and O–H groups in total. The van der Waals surface area contributed by atoms with Crippen molar-refractivity contribution in [3.05, 3.63) is 212 Å². The van der Waals surface area contributed by atoms with Crippen molar-refractivity contribution < 1.29 is 4.42 Å². The van der Waals surface area contributed by atoms with Crippen molar-refractivity contribution in [3.8, 4) is 39.6 Å². The predicted octanol–water partition coefficient (Wildman–Crippen LogP) is 16.2. The monoisotopic (exact) mass is 813 g/mol. The molecule has 14 aromatic rings. The zero-order valence-electron chi connectivity index (χ0n) is 34.5. The Bertz CT molecular complexity index is 4260. The molecule has 0 saturated carbocycles. The van der Waals surface area contributed by atoms with Crippen LogP contribution in [0.1, 0.15) is 0 Å². The molecule has 0 bridgehead atoms. The smallest absolute Gasteiger partial charge is 0.161 e. The Kier molecular flexibility index (Phi) is 7.36. The van der Waals surface area contributed by atoms with Gasteiger partial charge in [0.25, 0.3) is 0 Å². The SMILES string of the molecule is c1ccc2cc3c(cc2c1)c1c2ccccc2ccc1n3-c1ccc(-c2cc(-c3ccc4c(ccc5ccccc54)c3)nc(-c3cccc4ccccc34)n2)c2oc3ccccc3c12. The van der Waals surface area contributed by atoms with Crippen LogP contribution in [-0.4, -0.2) is 14.5 Å². The van der Waals surface area contributed by atoms with Gasteiger partial charge in [0.05, 0.1) is 33.5 Å². The largest absolute Gasteiger partial charge is 0.455 e. The summed E-state index contributed by atoms with van der Waals surface area (Å²) in [4.78, 5) is 10.8. The normalized spacial score (nSPS) is 12.1. The van der Waals surface area contributed by atoms with Crippen molar-refractivity contribution in [2.75, 3.05) is 0 Å². The van der Waals surface area contributed by atoms with Gasteiger partial charge in [-0.1, -0.05) is 164 Å². The van der Waals surface area contributed by atoms with Crippen LogP contribution >= 0.6 is 0 Å². The van der Waals surface area contributed by atoms with Crippen LogP contribution in [0.4, 0.5) is 0 Å². The fourth-order valence-corrected chi connectivity index (χ4v) is 10.4. The molecule has 3 heterocycles. The second-order valence-electron chi connectivity index (χ2n) is 16.9. The van der Waals surface area contributed by atoms with E-state index in [4.69, 9.17) is 14.4 Å². The molecule has 4 heteroatoms. The standard InChI is InChI=1S/C60H35N3O/c1-2-16-40-34-55-50(33-39(40)15-1)57-46-20-8-5-14-38(46)27-30-53(57)63(55)54-31-29-48(59-58(54)49-21-9-10-23-56(49)64-59)52-35-51(61-60(62-52)47-22-11-17-36-12-3-7-19-44(36)47)42-26-28-45-41(32-42)25-24-37-13-4-6-18-43(37)45/h1-35H. The van der Waals surface area contributed by atoms with E-state index >= 15 is 0 Å². The van der Waals surface area contributed by atoms with E-state index in [9.17, 15) is 0 Å². The molecule has 0 aliphatic heterocycles. The highest BCUT2D eigenvalue weighted by Gasteiger charge is 2.24. The highest BCUT2D eigenvalue weighted by Crippen LogP contribution is 2.45. The highest BCUT2D eigenvalue weighted by atomic mass is 16.3. The zero-order valence-corrected chi connectivity index (χ0v) is 34.5. The van der Waals surface area contributed by atoms with E-state index in [0.717, 1.165) is 77.5 Å². The molecule has 14 rings (SSSR count). The summed E-state index contributed by atoms with van der Waals surface area (Å²) >= 11 is 0. The lowest BCUT2D eigenvalue weighted by atomic mass is 9.98. The summed E-state index contributed by atoms with van der Waals surface area (Å²) in [7, 11) is 0. The maximum atomic E-state index is 7.03. The van der Waals surface area contributed by atoms with Crippen molar-refractivity contribution in [3.63, 3.8) is 0 Å². The summed E-state index contributed by atoms with van der Waals surface area (Å²) in [5.74, 6) is 0.664. The first-order valence-electron chi connectivity index (χ1n) is 21.8. The third-order valence-corrected chi connectivity index (χ3v) is 13.3. The molecular formula is C60H35N3O. The number of nitrogens with zero attached hydrogens (tertiary/aromatic N) is 3. The van der Waals surface area contributed by atoms with Gasteiger partial charge in [0.1, 0.15) is 11.2 Å². The first-order chi connectivity index (χ1) is 31.7. The third kappa shape index (κ3) is 5.17. The summed E-state index contributed by atoms with van der Waals surface area (Å²) in [5.41, 5.74) is 9.51. The molecule has 0 radical (unpaired) electrons. The Hall–Kier alpha value is -8.60. The van der Waals surface area contributed by atoms with E-state index < -0.39 is 0 Å². The second-order valence-corrected chi connectivity index (χ2v) is 16.9. The van der Waals surface area contributed by atoms with Gasteiger partial charge in [0.15, 0.2) is 5.82 Å². The molecule has 0 atom stereocenters. The van der Waals surface area contributed by atoms with Crippen LogP contribution in [0.5, 0.6) is 0 Å². The van der Waals surface area contributed by atoms with E-state index in [-0.39, 0.29) is 0 Å². The summed E-state index contributed by atoms with van der Waals surface area (Å²) in [5, 5.41) is 16.5. The molecule has 4 nitrogen and oxygen atoms in total. The number of benzene rings is 11. The van der Waals surface area contributed by atoms with Gasteiger partial charge in [-0.15, -0.1) is 0 Å². The van der Waals surface area contributed by atoms with Gasteiger partial charge >= 0.3 is 0 Å². The molecule has 11 aromatic carbocycles. The number of hydrogen-bond donors (Lipinski definition) is 0. The van der Waals surface area contributed by atoms with Crippen LogP contribution < -0.4 is 0 Å². The first-order valence-corrected chi connectivity index (χ1v) is 21.8. The molecule has 0 saturated heterocycles. The second kappa shape index (κ2) is 13.4. The van der Waals surface area contributed by atoms with Crippen molar-refractivity contribution in [1.29, 1.82) is 0 Å². The van der Waals surface area contributed by atoms with Crippen molar-refractivity contribution >= 4 is 97.6 Å². The minimum absolute atomic E-state index is 0.664. The summed E-state index contributed by atoms with van der Waals surface area (Å²) in [6, 6.07) is 76.2. The fourth-order valence-electron chi connectivity index (χ4n) is 10.4. The van der Waals surface area contributed by atoms with Crippen LogP contribution in [0.25, 0.3) is 137 Å². The van der Waals surface area contributed by atoms with Gasteiger partial charge in [-0.05, 0) is 102 Å². The number of furan rings is 1. The van der Waals surface area contributed by atoms with Gasteiger partial charge in [-0.3, -0.25) is 0 Å². The van der Waals surface area contributed by atoms with E-state index in [1.165, 1.54) is 53.9 Å². The molecule has 64 heavy (non-hydrogen) atoms. The van der Waals surface area contributed by atoms with Crippen LogP contribution in [0.2, 0.25) is 0 Å². The van der Waals surface area contributed by atoms with E-state index in [2.05, 4.69) is 211 Å². The first kappa shape index (κ1) is 35.0. The molecule has 0 aliphatic rings. The summed E-state index contributed by atoms with van der Waals surface area (Å²) in [6.07, 6.45) is 0. The molecule has 0 aliphatic carbocycles. The molecule has 3 aromatic heterocycles. The molecular weight excluding hydrogens is 779 g/mol. The summed E-state index contributed by atoms with van der Waals surface area (Å²) < 4.78 is 9.48. The lowest BCUT2D eigenvalue weighted by molar-refractivity contribution is 0.669. The molecule has 0 unspecified atom stereocenters. The highest BCUT2D eigenvalue weighted by molar-refractivity contribution is 6.25. The van der Waals surface area contributed by atoms with E-state index in [1.54, 1.807) is 0 Å². The van der Waals surface area contributed by atoms with Gasteiger partial charge in [-0.2, -0.15) is 0 Å². The number of aromatic nitrogens is 3. The van der Waals surface area contributed by atoms with Crippen LogP contribution in [0.15, 0.2) is 217 Å². The van der Waals surface area contributed by atoms with Gasteiger partial charge in [-0.25, -0.2) is 9.97 Å². The Morgan fingerprint density at radius 3 is 1.81 bits per heavy atom. The minimum atomic E-state index is 0.664. The van der Waals surface area contributed by atoms with Crippen LogP contribution in [0, 0.1) is 0 Å². The van der Waals surface area contributed by atoms with Gasteiger partial charge in [0.2, 0.25) is 0 Å². The average molecular weight is 814 g/mol. The number of hydrogen-bond acceptors (Lipinski definition) is 3.